The van der Waals surface area contributed by atoms with Gasteiger partial charge in [-0.15, -0.1) is 0 Å². The second kappa shape index (κ2) is 25.2. The van der Waals surface area contributed by atoms with Crippen LogP contribution in [0.4, 0.5) is 11.4 Å². The van der Waals surface area contributed by atoms with E-state index in [1.54, 1.807) is 62.4 Å². The lowest BCUT2D eigenvalue weighted by Crippen LogP contribution is -2.50. The molecular formula is C50H60N8O14S. The van der Waals surface area contributed by atoms with Crippen molar-refractivity contribution in [3.05, 3.63) is 84.0 Å². The molecule has 0 radical (unpaired) electrons. The van der Waals surface area contributed by atoms with E-state index in [-0.39, 0.29) is 71.4 Å². The van der Waals surface area contributed by atoms with E-state index >= 15 is 0 Å². The molecule has 0 fully saturated rings. The first-order valence-electron chi connectivity index (χ1n) is 23.6. The lowest BCUT2D eigenvalue weighted by molar-refractivity contribution is -0.139. The summed E-state index contributed by atoms with van der Waals surface area (Å²) in [5.74, 6) is 0.165. The van der Waals surface area contributed by atoms with E-state index in [0.29, 0.717) is 35.3 Å². The lowest BCUT2D eigenvalue weighted by Gasteiger charge is -2.31. The van der Waals surface area contributed by atoms with E-state index < -0.39 is 98.0 Å². The number of amides is 10. The first kappa shape index (κ1) is 56.4. The van der Waals surface area contributed by atoms with Crippen LogP contribution >= 0.6 is 0 Å². The van der Waals surface area contributed by atoms with Crippen LogP contribution in [0.1, 0.15) is 83.8 Å². The third kappa shape index (κ3) is 16.2. The number of fused-ring (bicyclic) bond motifs is 2. The minimum Gasteiger partial charge on any atom is -0.374 e. The van der Waals surface area contributed by atoms with Gasteiger partial charge in [0.1, 0.15) is 6.04 Å². The zero-order chi connectivity index (χ0) is 53.5. The molecule has 3 aliphatic rings. The summed E-state index contributed by atoms with van der Waals surface area (Å²) in [6.45, 7) is 5.09. The Hall–Kier alpha value is -7.55. The molecule has 10 amide bonds. The van der Waals surface area contributed by atoms with Crippen molar-refractivity contribution in [3.63, 3.8) is 0 Å². The van der Waals surface area contributed by atoms with Gasteiger partial charge in [0.25, 0.3) is 33.7 Å². The predicted molar refractivity (Wildman–Crippen MR) is 263 cm³/mol. The Kier molecular flexibility index (Phi) is 19.5. The minimum absolute atomic E-state index is 0.0463. The number of benzene rings is 2. The van der Waals surface area contributed by atoms with Crippen molar-refractivity contribution in [2.75, 3.05) is 50.8 Å². The summed E-state index contributed by atoms with van der Waals surface area (Å²) >= 11 is 0. The Labute approximate surface area is 422 Å². The molecule has 390 valence electrons. The summed E-state index contributed by atoms with van der Waals surface area (Å²) in [5, 5.41) is 10.8. The number of carbonyl (C=O) groups excluding carboxylic acids is 10. The van der Waals surface area contributed by atoms with Crippen LogP contribution < -0.4 is 31.5 Å². The van der Waals surface area contributed by atoms with E-state index in [4.69, 9.17) is 4.74 Å². The summed E-state index contributed by atoms with van der Waals surface area (Å²) in [6, 6.07) is 13.0. The van der Waals surface area contributed by atoms with Crippen molar-refractivity contribution in [2.24, 2.45) is 5.41 Å². The summed E-state index contributed by atoms with van der Waals surface area (Å²) in [4.78, 5) is 130. The molecule has 2 aromatic carbocycles. The third-order valence-electron chi connectivity index (χ3n) is 11.9. The van der Waals surface area contributed by atoms with Crippen LogP contribution in [0, 0.1) is 17.3 Å². The number of para-hydroxylation sites is 2. The smallest absolute Gasteiger partial charge is 0.278 e. The standard InChI is InChI=1S/C50H60N8O14S/c1-49(2,48(68)54-31-38(73(69,70)71)47(67)52-27-22-45(65)58-36-14-7-5-11-33(36)16-17-34-12-6-8-15-37(34)58)32-72-50(3,4)25-28-53-46(66)35(55-40(60)24-30-57-43(63)20-21-44(57)64)13-9-10-26-51-39(59)23-29-56-41(61)18-19-42(56)62/h5-8,11-12,14-15,18-21,35,38H,9-10,13,22-32H2,1-4H3,(H,51,59)(H,52,67)(H,53,66)(H,54,68)(H,55,60)(H,69,70,71)/t35-,38?/m1/s1. The van der Waals surface area contributed by atoms with Gasteiger partial charge < -0.3 is 31.3 Å². The van der Waals surface area contributed by atoms with Crippen molar-refractivity contribution in [2.45, 2.75) is 89.5 Å². The zero-order valence-electron chi connectivity index (χ0n) is 41.0. The molecule has 0 saturated carbocycles. The Morgan fingerprint density at radius 3 is 1.73 bits per heavy atom. The molecular weight excluding hydrogens is 969 g/mol. The quantitative estimate of drug-likeness (QED) is 0.0311. The average molecular weight is 1030 g/mol. The van der Waals surface area contributed by atoms with Gasteiger partial charge in [-0.05, 0) is 77.6 Å². The predicted octanol–water partition coefficient (Wildman–Crippen LogP) is 0.673. The number of carbonyl (C=O) groups is 10. The number of nitrogens with zero attached hydrogens (tertiary/aromatic N) is 3. The molecule has 5 rings (SSSR count). The molecule has 0 bridgehead atoms. The molecule has 3 aliphatic heterocycles. The highest BCUT2D eigenvalue weighted by Gasteiger charge is 2.36. The fourth-order valence-corrected chi connectivity index (χ4v) is 8.18. The first-order valence-corrected chi connectivity index (χ1v) is 25.1. The van der Waals surface area contributed by atoms with Gasteiger partial charge in [-0.1, -0.05) is 36.1 Å². The van der Waals surface area contributed by atoms with E-state index in [0.717, 1.165) is 34.1 Å². The number of ether oxygens (including phenoxy) is 1. The van der Waals surface area contributed by atoms with E-state index in [1.165, 1.54) is 18.7 Å². The number of anilines is 2. The molecule has 0 spiro atoms. The molecule has 1 unspecified atom stereocenters. The van der Waals surface area contributed by atoms with Crippen molar-refractivity contribution in [3.8, 4) is 11.8 Å². The second-order valence-electron chi connectivity index (χ2n) is 18.5. The van der Waals surface area contributed by atoms with Gasteiger partial charge in [0.05, 0.1) is 29.0 Å². The van der Waals surface area contributed by atoms with Crippen LogP contribution in [0.25, 0.3) is 0 Å². The molecule has 2 aromatic rings. The number of rotatable bonds is 27. The zero-order valence-corrected chi connectivity index (χ0v) is 41.8. The first-order chi connectivity index (χ1) is 34.5. The van der Waals surface area contributed by atoms with Crippen LogP contribution in [0.2, 0.25) is 0 Å². The fourth-order valence-electron chi connectivity index (χ4n) is 7.54. The Balaban J connectivity index is 1.07. The second-order valence-corrected chi connectivity index (χ2v) is 20.1. The van der Waals surface area contributed by atoms with E-state index in [9.17, 15) is 60.9 Å². The Morgan fingerprint density at radius 1 is 0.658 bits per heavy atom. The van der Waals surface area contributed by atoms with Gasteiger partial charge >= 0.3 is 0 Å². The normalized spacial score (nSPS) is 14.9. The Morgan fingerprint density at radius 2 is 1.18 bits per heavy atom. The van der Waals surface area contributed by atoms with Crippen LogP contribution in [-0.4, -0.2) is 145 Å². The monoisotopic (exact) mass is 1030 g/mol. The fraction of sp³-hybridized carbons (Fsp3) is 0.440. The summed E-state index contributed by atoms with van der Waals surface area (Å²) in [6.07, 6.45) is 4.91. The van der Waals surface area contributed by atoms with Crippen molar-refractivity contribution in [1.29, 1.82) is 0 Å². The van der Waals surface area contributed by atoms with E-state index in [1.807, 2.05) is 0 Å². The van der Waals surface area contributed by atoms with Crippen molar-refractivity contribution >= 4 is 80.6 Å². The largest absolute Gasteiger partial charge is 0.374 e. The molecule has 3 heterocycles. The molecule has 0 saturated heterocycles. The lowest BCUT2D eigenvalue weighted by atomic mass is 9.92. The van der Waals surface area contributed by atoms with Crippen LogP contribution in [0.5, 0.6) is 0 Å². The molecule has 73 heavy (non-hydrogen) atoms. The SMILES string of the molecule is CC(C)(CCNC(=O)[C@@H](CCCCNC(=O)CCN1C(=O)C=CC1=O)NC(=O)CCN1C(=O)C=CC1=O)OCC(C)(C)C(=O)NCC(C(=O)NCCC(=O)N1c2ccccc2C#Cc2ccccc21)S(=O)(=O)O. The highest BCUT2D eigenvalue weighted by molar-refractivity contribution is 7.87. The van der Waals surface area contributed by atoms with Gasteiger partial charge in [0, 0.05) is 94.0 Å². The highest BCUT2D eigenvalue weighted by atomic mass is 32.2. The molecule has 22 nitrogen and oxygen atoms in total. The molecule has 0 aromatic heterocycles. The van der Waals surface area contributed by atoms with Crippen molar-refractivity contribution < 1.29 is 65.7 Å². The number of hydrogen-bond acceptors (Lipinski definition) is 13. The maximum atomic E-state index is 13.6. The third-order valence-corrected chi connectivity index (χ3v) is 13.0. The van der Waals surface area contributed by atoms with Gasteiger partial charge in [0.2, 0.25) is 35.4 Å². The highest BCUT2D eigenvalue weighted by Crippen LogP contribution is 2.33. The molecule has 0 aliphatic carbocycles. The Bertz CT molecular complexity index is 2650. The maximum Gasteiger partial charge on any atom is 0.278 e. The van der Waals surface area contributed by atoms with Crippen LogP contribution in [0.3, 0.4) is 0 Å². The minimum atomic E-state index is -5.05. The van der Waals surface area contributed by atoms with Crippen molar-refractivity contribution in [1.82, 2.24) is 36.4 Å². The number of imide groups is 2. The molecule has 6 N–H and O–H groups in total. The summed E-state index contributed by atoms with van der Waals surface area (Å²) in [5.41, 5.74) is 0.00300. The average Bonchev–Trinajstić information content (AvgIpc) is 3.77. The number of unbranched alkanes of at least 4 members (excludes halogenated alkanes) is 1. The van der Waals surface area contributed by atoms with Crippen LogP contribution in [-0.2, 0) is 62.8 Å². The number of nitrogens with one attached hydrogen (secondary N) is 5. The van der Waals surface area contributed by atoms with Gasteiger partial charge in [-0.25, -0.2) is 0 Å². The number of hydrogen-bond donors (Lipinski definition) is 6. The topological polar surface area (TPSA) is 304 Å². The maximum absolute atomic E-state index is 13.6. The van der Waals surface area contributed by atoms with Crippen LogP contribution in [0.15, 0.2) is 72.8 Å². The van der Waals surface area contributed by atoms with E-state index in [2.05, 4.69) is 38.4 Å². The van der Waals surface area contributed by atoms with Gasteiger partial charge in [-0.2, -0.15) is 8.42 Å². The summed E-state index contributed by atoms with van der Waals surface area (Å²) < 4.78 is 40.8. The molecule has 23 heteroatoms. The van der Waals surface area contributed by atoms with Gasteiger partial charge in [-0.3, -0.25) is 67.2 Å². The molecule has 2 atom stereocenters. The summed E-state index contributed by atoms with van der Waals surface area (Å²) in [7, 11) is -5.05. The van der Waals surface area contributed by atoms with Gasteiger partial charge in [0.15, 0.2) is 5.25 Å².